The second-order valence-electron chi connectivity index (χ2n) is 6.26. The van der Waals surface area contributed by atoms with Gasteiger partial charge in [0.2, 0.25) is 10.0 Å². The first-order valence-corrected chi connectivity index (χ1v) is 10.4. The van der Waals surface area contributed by atoms with Crippen LogP contribution in [0.2, 0.25) is 0 Å². The SMILES string of the molecule is C=Cc1ccc(S(=O)(=O)N[C@H](C)c2nnc(Oc3ccc(F)cc3)n2CC)cc1. The van der Waals surface area contributed by atoms with Crippen molar-refractivity contribution >= 4 is 16.1 Å². The first-order chi connectivity index (χ1) is 13.8. The van der Waals surface area contributed by atoms with E-state index in [2.05, 4.69) is 21.5 Å². The summed E-state index contributed by atoms with van der Waals surface area (Å²) in [4.78, 5) is 0.139. The standard InChI is InChI=1S/C20H21FN4O3S/c1-4-15-6-12-18(13-7-15)29(26,27)24-14(3)19-22-23-20(25(19)5-2)28-17-10-8-16(21)9-11-17/h4,6-14,24H,1,5H2,2-3H3/t14-/m1/s1. The molecular weight excluding hydrogens is 395 g/mol. The fourth-order valence-electron chi connectivity index (χ4n) is 2.74. The molecule has 3 rings (SSSR count). The van der Waals surface area contributed by atoms with Crippen LogP contribution in [0.15, 0.2) is 60.0 Å². The van der Waals surface area contributed by atoms with Crippen LogP contribution < -0.4 is 9.46 Å². The Labute approximate surface area is 168 Å². The van der Waals surface area contributed by atoms with Gasteiger partial charge >= 0.3 is 6.01 Å². The minimum Gasteiger partial charge on any atom is -0.424 e. The van der Waals surface area contributed by atoms with Crippen LogP contribution in [0.25, 0.3) is 6.08 Å². The zero-order valence-corrected chi connectivity index (χ0v) is 16.9. The monoisotopic (exact) mass is 416 g/mol. The number of nitrogens with zero attached hydrogens (tertiary/aromatic N) is 3. The molecule has 0 unspecified atom stereocenters. The van der Waals surface area contributed by atoms with E-state index in [0.717, 1.165) is 5.56 Å². The molecule has 0 fully saturated rings. The first-order valence-electron chi connectivity index (χ1n) is 8.95. The summed E-state index contributed by atoms with van der Waals surface area (Å²) in [6, 6.07) is 11.4. The van der Waals surface area contributed by atoms with Crippen LogP contribution in [0.5, 0.6) is 11.8 Å². The number of aromatic nitrogens is 3. The molecule has 1 atom stereocenters. The second-order valence-corrected chi connectivity index (χ2v) is 7.97. The Bertz CT molecular complexity index is 1090. The van der Waals surface area contributed by atoms with E-state index in [9.17, 15) is 12.8 Å². The molecule has 0 aliphatic rings. The van der Waals surface area contributed by atoms with E-state index in [4.69, 9.17) is 4.74 Å². The summed E-state index contributed by atoms with van der Waals surface area (Å²) >= 11 is 0. The molecule has 2 aromatic carbocycles. The number of benzene rings is 2. The van der Waals surface area contributed by atoms with Crippen molar-refractivity contribution in [3.63, 3.8) is 0 Å². The van der Waals surface area contributed by atoms with Crippen LogP contribution in [-0.2, 0) is 16.6 Å². The quantitative estimate of drug-likeness (QED) is 0.602. The van der Waals surface area contributed by atoms with Gasteiger partial charge < -0.3 is 4.74 Å². The van der Waals surface area contributed by atoms with Crippen molar-refractivity contribution < 1.29 is 17.5 Å². The molecule has 0 bridgehead atoms. The van der Waals surface area contributed by atoms with Crippen molar-refractivity contribution in [1.29, 1.82) is 0 Å². The molecule has 0 spiro atoms. The third-order valence-electron chi connectivity index (χ3n) is 4.23. The van der Waals surface area contributed by atoms with E-state index < -0.39 is 16.1 Å². The van der Waals surface area contributed by atoms with Crippen LogP contribution in [0.3, 0.4) is 0 Å². The number of nitrogens with one attached hydrogen (secondary N) is 1. The molecule has 1 aromatic heterocycles. The van der Waals surface area contributed by atoms with Crippen molar-refractivity contribution in [1.82, 2.24) is 19.5 Å². The van der Waals surface area contributed by atoms with Crippen LogP contribution in [0.4, 0.5) is 4.39 Å². The molecule has 3 aromatic rings. The normalized spacial score (nSPS) is 12.5. The summed E-state index contributed by atoms with van der Waals surface area (Å²) in [6.07, 6.45) is 1.64. The molecule has 0 saturated carbocycles. The molecule has 152 valence electrons. The molecule has 0 saturated heterocycles. The minimum absolute atomic E-state index is 0.139. The van der Waals surface area contributed by atoms with E-state index in [1.54, 1.807) is 29.7 Å². The highest BCUT2D eigenvalue weighted by Gasteiger charge is 2.24. The van der Waals surface area contributed by atoms with Crippen molar-refractivity contribution in [2.24, 2.45) is 0 Å². The Balaban J connectivity index is 1.81. The lowest BCUT2D eigenvalue weighted by Gasteiger charge is -2.15. The molecule has 1 heterocycles. The Kier molecular flexibility index (Phi) is 6.09. The highest BCUT2D eigenvalue weighted by Crippen LogP contribution is 2.24. The molecule has 9 heteroatoms. The number of hydrogen-bond acceptors (Lipinski definition) is 5. The van der Waals surface area contributed by atoms with Gasteiger partial charge in [0.1, 0.15) is 11.6 Å². The van der Waals surface area contributed by atoms with Crippen LogP contribution in [0.1, 0.15) is 31.3 Å². The summed E-state index contributed by atoms with van der Waals surface area (Å²) in [6.45, 7) is 7.65. The number of sulfonamides is 1. The number of rotatable bonds is 8. The summed E-state index contributed by atoms with van der Waals surface area (Å²) in [5, 5.41) is 8.08. The zero-order valence-electron chi connectivity index (χ0n) is 16.0. The molecule has 29 heavy (non-hydrogen) atoms. The minimum atomic E-state index is -3.76. The Morgan fingerprint density at radius 3 is 2.41 bits per heavy atom. The highest BCUT2D eigenvalue weighted by atomic mass is 32.2. The third-order valence-corrected chi connectivity index (χ3v) is 5.79. The van der Waals surface area contributed by atoms with Crippen LogP contribution in [-0.4, -0.2) is 23.2 Å². The summed E-state index contributed by atoms with van der Waals surface area (Å²) < 4.78 is 48.3. The molecule has 0 amide bonds. The Morgan fingerprint density at radius 1 is 1.17 bits per heavy atom. The van der Waals surface area contributed by atoms with Gasteiger partial charge in [-0.25, -0.2) is 17.5 Å². The van der Waals surface area contributed by atoms with Gasteiger partial charge in [-0.3, -0.25) is 4.57 Å². The van der Waals surface area contributed by atoms with Gasteiger partial charge in [0, 0.05) is 6.54 Å². The average molecular weight is 416 g/mol. The molecule has 1 N–H and O–H groups in total. The Morgan fingerprint density at radius 2 is 1.83 bits per heavy atom. The lowest BCUT2D eigenvalue weighted by atomic mass is 10.2. The van der Waals surface area contributed by atoms with Gasteiger partial charge in [-0.05, 0) is 55.8 Å². The molecule has 0 aliphatic carbocycles. The van der Waals surface area contributed by atoms with Gasteiger partial charge in [0.15, 0.2) is 5.82 Å². The number of hydrogen-bond donors (Lipinski definition) is 1. The largest absolute Gasteiger partial charge is 0.424 e. The van der Waals surface area contributed by atoms with E-state index in [-0.39, 0.29) is 16.7 Å². The maximum atomic E-state index is 13.1. The maximum absolute atomic E-state index is 13.1. The lowest BCUT2D eigenvalue weighted by molar-refractivity contribution is 0.407. The number of ether oxygens (including phenoxy) is 1. The molecule has 0 radical (unpaired) electrons. The van der Waals surface area contributed by atoms with Gasteiger partial charge in [-0.15, -0.1) is 5.10 Å². The Hall–Kier alpha value is -3.04. The molecular formula is C20H21FN4O3S. The smallest absolute Gasteiger partial charge is 0.322 e. The van der Waals surface area contributed by atoms with E-state index >= 15 is 0 Å². The van der Waals surface area contributed by atoms with Gasteiger partial charge in [0.05, 0.1) is 10.9 Å². The summed E-state index contributed by atoms with van der Waals surface area (Å²) in [5.41, 5.74) is 0.824. The fourth-order valence-corrected chi connectivity index (χ4v) is 3.94. The zero-order chi connectivity index (χ0) is 21.0. The molecule has 0 aliphatic heterocycles. The van der Waals surface area contributed by atoms with Gasteiger partial charge in [0.25, 0.3) is 0 Å². The highest BCUT2D eigenvalue weighted by molar-refractivity contribution is 7.89. The topological polar surface area (TPSA) is 86.1 Å². The van der Waals surface area contributed by atoms with E-state index in [1.807, 2.05) is 6.92 Å². The second kappa shape index (κ2) is 8.54. The van der Waals surface area contributed by atoms with E-state index in [1.165, 1.54) is 36.4 Å². The van der Waals surface area contributed by atoms with E-state index in [0.29, 0.717) is 18.1 Å². The van der Waals surface area contributed by atoms with Crippen LogP contribution >= 0.6 is 0 Å². The molecule has 7 nitrogen and oxygen atoms in total. The third kappa shape index (κ3) is 4.69. The van der Waals surface area contributed by atoms with Crippen molar-refractivity contribution in [3.8, 4) is 11.8 Å². The van der Waals surface area contributed by atoms with Gasteiger partial charge in [-0.1, -0.05) is 29.9 Å². The average Bonchev–Trinajstić information content (AvgIpc) is 3.12. The van der Waals surface area contributed by atoms with Gasteiger partial charge in [-0.2, -0.15) is 0 Å². The summed E-state index contributed by atoms with van der Waals surface area (Å²) in [7, 11) is -3.76. The van der Waals surface area contributed by atoms with Crippen molar-refractivity contribution in [2.75, 3.05) is 0 Å². The predicted molar refractivity (Wildman–Crippen MR) is 107 cm³/mol. The summed E-state index contributed by atoms with van der Waals surface area (Å²) in [5.74, 6) is 0.422. The number of halogens is 1. The lowest BCUT2D eigenvalue weighted by Crippen LogP contribution is -2.29. The van der Waals surface area contributed by atoms with Crippen molar-refractivity contribution in [2.45, 2.75) is 31.3 Å². The maximum Gasteiger partial charge on any atom is 0.322 e. The fraction of sp³-hybridized carbons (Fsp3) is 0.200. The van der Waals surface area contributed by atoms with Crippen LogP contribution in [0, 0.1) is 5.82 Å². The van der Waals surface area contributed by atoms with Crippen molar-refractivity contribution in [3.05, 3.63) is 72.3 Å². The first kappa shape index (κ1) is 20.7. The predicted octanol–water partition coefficient (Wildman–Crippen LogP) is 3.91.